The van der Waals surface area contributed by atoms with Crippen LogP contribution >= 0.6 is 0 Å². The maximum absolute atomic E-state index is 11.8. The lowest BCUT2D eigenvalue weighted by Crippen LogP contribution is -2.41. The zero-order valence-electron chi connectivity index (χ0n) is 13.2. The zero-order chi connectivity index (χ0) is 14.5. The van der Waals surface area contributed by atoms with Crippen molar-refractivity contribution in [2.75, 3.05) is 20.1 Å². The Bertz CT molecular complexity index is 286. The Morgan fingerprint density at radius 2 is 2.05 bits per heavy atom. The fourth-order valence-electron chi connectivity index (χ4n) is 2.64. The first-order valence-electron chi connectivity index (χ1n) is 7.51. The van der Waals surface area contributed by atoms with Crippen LogP contribution < -0.4 is 5.32 Å². The second kappa shape index (κ2) is 7.13. The Balaban J connectivity index is 2.23. The molecule has 1 aliphatic rings. The van der Waals surface area contributed by atoms with Gasteiger partial charge in [0.25, 0.3) is 0 Å². The van der Waals surface area contributed by atoms with Crippen molar-refractivity contribution in [2.45, 2.75) is 65.0 Å². The van der Waals surface area contributed by atoms with Crippen molar-refractivity contribution in [3.8, 4) is 0 Å². The van der Waals surface area contributed by atoms with Gasteiger partial charge >= 0.3 is 6.09 Å². The molecule has 1 fully saturated rings. The largest absolute Gasteiger partial charge is 0.444 e. The first-order chi connectivity index (χ1) is 8.83. The van der Waals surface area contributed by atoms with Crippen LogP contribution in [0.4, 0.5) is 4.79 Å². The van der Waals surface area contributed by atoms with E-state index >= 15 is 0 Å². The highest BCUT2D eigenvalue weighted by molar-refractivity contribution is 5.67. The van der Waals surface area contributed by atoms with Crippen molar-refractivity contribution >= 4 is 6.09 Å². The van der Waals surface area contributed by atoms with Crippen LogP contribution in [0.25, 0.3) is 0 Å². The third-order valence-corrected chi connectivity index (χ3v) is 3.74. The quantitative estimate of drug-likeness (QED) is 0.835. The first-order valence-corrected chi connectivity index (χ1v) is 7.51. The highest BCUT2D eigenvalue weighted by atomic mass is 16.6. The van der Waals surface area contributed by atoms with Gasteiger partial charge in [-0.2, -0.15) is 0 Å². The Morgan fingerprint density at radius 1 is 1.37 bits per heavy atom. The third kappa shape index (κ3) is 5.81. The fourth-order valence-corrected chi connectivity index (χ4v) is 2.64. The highest BCUT2D eigenvalue weighted by Crippen LogP contribution is 2.27. The molecule has 4 nitrogen and oxygen atoms in total. The molecule has 0 aromatic carbocycles. The maximum atomic E-state index is 11.8. The average Bonchev–Trinajstić information content (AvgIpc) is 2.74. The molecule has 1 rings (SSSR count). The van der Waals surface area contributed by atoms with Gasteiger partial charge in [-0.25, -0.2) is 4.79 Å². The molecule has 0 aliphatic heterocycles. The summed E-state index contributed by atoms with van der Waals surface area (Å²) in [5.41, 5.74) is -0.419. The summed E-state index contributed by atoms with van der Waals surface area (Å²) in [6.07, 6.45) is 4.95. The predicted octanol–water partition coefficient (Wildman–Crippen LogP) is 3.02. The number of nitrogens with one attached hydrogen (secondary N) is 1. The lowest BCUT2D eigenvalue weighted by Gasteiger charge is -2.26. The van der Waals surface area contributed by atoms with Gasteiger partial charge in [0, 0.05) is 26.2 Å². The Hall–Kier alpha value is -0.770. The predicted molar refractivity (Wildman–Crippen MR) is 78.3 cm³/mol. The zero-order valence-corrected chi connectivity index (χ0v) is 13.2. The van der Waals surface area contributed by atoms with E-state index in [1.165, 1.54) is 25.7 Å². The van der Waals surface area contributed by atoms with E-state index in [9.17, 15) is 4.79 Å². The summed E-state index contributed by atoms with van der Waals surface area (Å²) in [6.45, 7) is 9.47. The fraction of sp³-hybridized carbons (Fsp3) is 0.933. The van der Waals surface area contributed by atoms with E-state index < -0.39 is 5.60 Å². The topological polar surface area (TPSA) is 41.6 Å². The van der Waals surface area contributed by atoms with Gasteiger partial charge in [-0.05, 0) is 39.5 Å². The molecule has 1 aliphatic carbocycles. The molecule has 0 spiro atoms. The average molecular weight is 270 g/mol. The van der Waals surface area contributed by atoms with Crippen LogP contribution in [-0.4, -0.2) is 42.8 Å². The molecule has 1 saturated carbocycles. The van der Waals surface area contributed by atoms with Crippen molar-refractivity contribution in [1.29, 1.82) is 0 Å². The molecule has 112 valence electrons. The van der Waals surface area contributed by atoms with Gasteiger partial charge in [0.1, 0.15) is 5.60 Å². The standard InChI is InChI=1S/C15H30N2O2/c1-6-12-8-7-9-13(12)16-10-11-17(5)14(18)19-15(2,3)4/h12-13,16H,6-11H2,1-5H3. The van der Waals surface area contributed by atoms with Gasteiger partial charge in [-0.15, -0.1) is 0 Å². The number of nitrogens with zero attached hydrogens (tertiary/aromatic N) is 1. The summed E-state index contributed by atoms with van der Waals surface area (Å²) in [4.78, 5) is 13.4. The van der Waals surface area contributed by atoms with E-state index in [-0.39, 0.29) is 6.09 Å². The highest BCUT2D eigenvalue weighted by Gasteiger charge is 2.25. The lowest BCUT2D eigenvalue weighted by atomic mass is 10.0. The van der Waals surface area contributed by atoms with Crippen molar-refractivity contribution in [1.82, 2.24) is 10.2 Å². The molecule has 19 heavy (non-hydrogen) atoms. The van der Waals surface area contributed by atoms with E-state index in [1.54, 1.807) is 11.9 Å². The molecule has 0 radical (unpaired) electrons. The van der Waals surface area contributed by atoms with Crippen LogP contribution in [0.3, 0.4) is 0 Å². The van der Waals surface area contributed by atoms with Crippen LogP contribution in [-0.2, 0) is 4.74 Å². The maximum Gasteiger partial charge on any atom is 0.410 e. The van der Waals surface area contributed by atoms with Crippen molar-refractivity contribution in [3.63, 3.8) is 0 Å². The van der Waals surface area contributed by atoms with Gasteiger partial charge in [0.15, 0.2) is 0 Å². The Kier molecular flexibility index (Phi) is 6.11. The molecule has 2 atom stereocenters. The summed E-state index contributed by atoms with van der Waals surface area (Å²) in [7, 11) is 1.79. The monoisotopic (exact) mass is 270 g/mol. The van der Waals surface area contributed by atoms with Gasteiger partial charge < -0.3 is 15.0 Å². The van der Waals surface area contributed by atoms with Gasteiger partial charge in [0.05, 0.1) is 0 Å². The van der Waals surface area contributed by atoms with Crippen LogP contribution in [0.2, 0.25) is 0 Å². The number of rotatable bonds is 5. The summed E-state index contributed by atoms with van der Waals surface area (Å²) in [5, 5.41) is 3.58. The lowest BCUT2D eigenvalue weighted by molar-refractivity contribution is 0.0299. The number of hydrogen-bond donors (Lipinski definition) is 1. The first kappa shape index (κ1) is 16.3. The smallest absolute Gasteiger partial charge is 0.410 e. The molecule has 0 aromatic rings. The molecule has 2 unspecified atom stereocenters. The number of carbonyl (C=O) groups excluding carboxylic acids is 1. The summed E-state index contributed by atoms with van der Waals surface area (Å²) in [6, 6.07) is 0.636. The minimum absolute atomic E-state index is 0.243. The molecule has 0 bridgehead atoms. The number of ether oxygens (including phenoxy) is 1. The second-order valence-corrected chi connectivity index (χ2v) is 6.56. The molecule has 0 saturated heterocycles. The van der Waals surface area contributed by atoms with E-state index in [2.05, 4.69) is 12.2 Å². The van der Waals surface area contributed by atoms with Gasteiger partial charge in [-0.1, -0.05) is 19.8 Å². The number of likely N-dealkylation sites (N-methyl/N-ethyl adjacent to an activating group) is 1. The molecular weight excluding hydrogens is 240 g/mol. The van der Waals surface area contributed by atoms with E-state index in [1.807, 2.05) is 20.8 Å². The van der Waals surface area contributed by atoms with E-state index in [4.69, 9.17) is 4.74 Å². The van der Waals surface area contributed by atoms with Crippen LogP contribution in [0, 0.1) is 5.92 Å². The minimum atomic E-state index is -0.419. The minimum Gasteiger partial charge on any atom is -0.444 e. The van der Waals surface area contributed by atoms with Crippen LogP contribution in [0.5, 0.6) is 0 Å². The summed E-state index contributed by atoms with van der Waals surface area (Å²) in [5.74, 6) is 0.812. The number of carbonyl (C=O) groups is 1. The van der Waals surface area contributed by atoms with Crippen LogP contribution in [0.15, 0.2) is 0 Å². The third-order valence-electron chi connectivity index (χ3n) is 3.74. The van der Waals surface area contributed by atoms with Gasteiger partial charge in [0.2, 0.25) is 0 Å². The Labute approximate surface area is 117 Å². The number of amides is 1. The second-order valence-electron chi connectivity index (χ2n) is 6.56. The number of hydrogen-bond acceptors (Lipinski definition) is 3. The van der Waals surface area contributed by atoms with Gasteiger partial charge in [-0.3, -0.25) is 0 Å². The van der Waals surface area contributed by atoms with Crippen LogP contribution in [0.1, 0.15) is 53.4 Å². The normalized spacial score (nSPS) is 23.4. The van der Waals surface area contributed by atoms with Crippen molar-refractivity contribution in [2.24, 2.45) is 5.92 Å². The SMILES string of the molecule is CCC1CCCC1NCCN(C)C(=O)OC(C)(C)C. The molecule has 1 N–H and O–H groups in total. The van der Waals surface area contributed by atoms with E-state index in [0.29, 0.717) is 12.6 Å². The van der Waals surface area contributed by atoms with Crippen molar-refractivity contribution in [3.05, 3.63) is 0 Å². The summed E-state index contributed by atoms with van der Waals surface area (Å²) >= 11 is 0. The molecule has 0 heterocycles. The Morgan fingerprint density at radius 3 is 2.63 bits per heavy atom. The van der Waals surface area contributed by atoms with E-state index in [0.717, 1.165) is 12.5 Å². The van der Waals surface area contributed by atoms with Crippen molar-refractivity contribution < 1.29 is 9.53 Å². The molecular formula is C15H30N2O2. The molecule has 1 amide bonds. The molecule has 4 heteroatoms. The summed E-state index contributed by atoms with van der Waals surface area (Å²) < 4.78 is 5.32. The molecule has 0 aromatic heterocycles.